The Morgan fingerprint density at radius 2 is 2.14 bits per heavy atom. The third kappa shape index (κ3) is 4.44. The lowest BCUT2D eigenvalue weighted by molar-refractivity contribution is -0.138. The fourth-order valence-electron chi connectivity index (χ4n) is 2.13. The van der Waals surface area contributed by atoms with Crippen LogP contribution in [0.15, 0.2) is 12.1 Å². The number of rotatable bonds is 3. The number of amides is 1. The van der Waals surface area contributed by atoms with Crippen LogP contribution in [-0.4, -0.2) is 37.0 Å². The van der Waals surface area contributed by atoms with E-state index in [1.54, 1.807) is 4.90 Å². The summed E-state index contributed by atoms with van der Waals surface area (Å²) in [7, 11) is 0. The van der Waals surface area contributed by atoms with Gasteiger partial charge in [-0.05, 0) is 12.1 Å². The topological polar surface area (TPSA) is 55.6 Å². The third-order valence-electron chi connectivity index (χ3n) is 3.16. The van der Waals surface area contributed by atoms with Crippen LogP contribution in [0, 0.1) is 5.82 Å². The second kappa shape index (κ2) is 8.15. The molecule has 21 heavy (non-hydrogen) atoms. The van der Waals surface area contributed by atoms with Crippen LogP contribution in [0.2, 0.25) is 10.0 Å². The highest BCUT2D eigenvalue weighted by Gasteiger charge is 2.27. The van der Waals surface area contributed by atoms with Crippen molar-refractivity contribution in [3.8, 4) is 0 Å². The number of halogens is 4. The van der Waals surface area contributed by atoms with Crippen molar-refractivity contribution < 1.29 is 13.9 Å². The molecule has 1 amide bonds. The van der Waals surface area contributed by atoms with Gasteiger partial charge in [0.1, 0.15) is 11.9 Å². The molecular weight excluding hydrogens is 342 g/mol. The van der Waals surface area contributed by atoms with Gasteiger partial charge in [-0.25, -0.2) is 4.39 Å². The first-order chi connectivity index (χ1) is 9.52. The van der Waals surface area contributed by atoms with E-state index in [2.05, 4.69) is 0 Å². The Bertz CT molecular complexity index is 516. The molecular formula is C13H16Cl3FN2O2. The zero-order valence-electron chi connectivity index (χ0n) is 11.2. The van der Waals surface area contributed by atoms with Crippen molar-refractivity contribution in [2.75, 3.05) is 26.2 Å². The van der Waals surface area contributed by atoms with E-state index >= 15 is 0 Å². The van der Waals surface area contributed by atoms with Crippen LogP contribution < -0.4 is 5.73 Å². The highest BCUT2D eigenvalue weighted by Crippen LogP contribution is 2.32. The molecule has 0 bridgehead atoms. The summed E-state index contributed by atoms with van der Waals surface area (Å²) in [6.45, 7) is 1.52. The Balaban J connectivity index is 0.00000220. The number of ether oxygens (including phenoxy) is 1. The zero-order chi connectivity index (χ0) is 14.7. The summed E-state index contributed by atoms with van der Waals surface area (Å²) in [6.07, 6.45) is -0.167. The molecule has 118 valence electrons. The van der Waals surface area contributed by atoms with Gasteiger partial charge >= 0.3 is 0 Å². The number of hydrogen-bond acceptors (Lipinski definition) is 3. The minimum Gasteiger partial charge on any atom is -0.370 e. The Kier molecular flexibility index (Phi) is 7.16. The van der Waals surface area contributed by atoms with Gasteiger partial charge in [-0.15, -0.1) is 12.4 Å². The Morgan fingerprint density at radius 3 is 2.81 bits per heavy atom. The quantitative estimate of drug-likeness (QED) is 0.846. The fraction of sp³-hybridized carbons (Fsp3) is 0.462. The van der Waals surface area contributed by atoms with Gasteiger partial charge < -0.3 is 15.4 Å². The van der Waals surface area contributed by atoms with Crippen LogP contribution in [0.25, 0.3) is 0 Å². The summed E-state index contributed by atoms with van der Waals surface area (Å²) in [5.74, 6) is -0.591. The maximum Gasteiger partial charge on any atom is 0.224 e. The van der Waals surface area contributed by atoms with E-state index in [1.807, 2.05) is 0 Å². The normalized spacial score (nSPS) is 18.3. The summed E-state index contributed by atoms with van der Waals surface area (Å²) >= 11 is 11.7. The maximum atomic E-state index is 13.5. The number of benzene rings is 1. The highest BCUT2D eigenvalue weighted by atomic mass is 35.5. The van der Waals surface area contributed by atoms with Crippen molar-refractivity contribution in [3.05, 3.63) is 33.6 Å². The molecule has 0 radical (unpaired) electrons. The molecule has 0 saturated carbocycles. The first-order valence-electron chi connectivity index (χ1n) is 6.26. The lowest BCUT2D eigenvalue weighted by Gasteiger charge is -2.33. The number of hydrogen-bond donors (Lipinski definition) is 1. The molecule has 1 aliphatic heterocycles. The van der Waals surface area contributed by atoms with Crippen molar-refractivity contribution in [1.82, 2.24) is 4.90 Å². The Morgan fingerprint density at radius 1 is 1.43 bits per heavy atom. The minimum atomic E-state index is -0.555. The molecule has 0 aromatic heterocycles. The van der Waals surface area contributed by atoms with Crippen LogP contribution in [0.3, 0.4) is 0 Å². The molecule has 2 N–H and O–H groups in total. The van der Waals surface area contributed by atoms with Gasteiger partial charge in [0, 0.05) is 30.1 Å². The molecule has 0 aliphatic carbocycles. The van der Waals surface area contributed by atoms with Crippen LogP contribution >= 0.6 is 35.6 Å². The number of nitrogens with two attached hydrogens (primary N) is 1. The second-order valence-corrected chi connectivity index (χ2v) is 5.34. The molecule has 1 aliphatic rings. The summed E-state index contributed by atoms with van der Waals surface area (Å²) in [5.41, 5.74) is 5.88. The van der Waals surface area contributed by atoms with E-state index in [-0.39, 0.29) is 29.8 Å². The average Bonchev–Trinajstić information content (AvgIpc) is 2.43. The molecule has 1 aromatic rings. The molecule has 1 unspecified atom stereocenters. The van der Waals surface area contributed by atoms with E-state index in [0.29, 0.717) is 36.8 Å². The van der Waals surface area contributed by atoms with Gasteiger partial charge in [0.2, 0.25) is 5.91 Å². The lowest BCUT2D eigenvalue weighted by Crippen LogP contribution is -2.42. The molecule has 1 saturated heterocycles. The van der Waals surface area contributed by atoms with Crippen LogP contribution in [-0.2, 0) is 9.53 Å². The Hall–Kier alpha value is -0.590. The van der Waals surface area contributed by atoms with Crippen molar-refractivity contribution in [1.29, 1.82) is 0 Å². The smallest absolute Gasteiger partial charge is 0.224 e. The monoisotopic (exact) mass is 356 g/mol. The first kappa shape index (κ1) is 18.5. The Labute approximate surface area is 138 Å². The third-order valence-corrected chi connectivity index (χ3v) is 3.78. The molecule has 1 heterocycles. The largest absolute Gasteiger partial charge is 0.370 e. The predicted octanol–water partition coefficient (Wildman–Crippen LogP) is 2.80. The number of morpholine rings is 1. The summed E-state index contributed by atoms with van der Waals surface area (Å²) in [6, 6.07) is 2.60. The van der Waals surface area contributed by atoms with Crippen LogP contribution in [0.4, 0.5) is 4.39 Å². The van der Waals surface area contributed by atoms with E-state index in [4.69, 9.17) is 33.7 Å². The fourth-order valence-corrected chi connectivity index (χ4v) is 2.64. The van der Waals surface area contributed by atoms with E-state index < -0.39 is 11.9 Å². The van der Waals surface area contributed by atoms with Gasteiger partial charge in [0.05, 0.1) is 18.2 Å². The van der Waals surface area contributed by atoms with E-state index in [9.17, 15) is 9.18 Å². The molecule has 1 fully saturated rings. The standard InChI is InChI=1S/C13H15Cl2FN2O2.ClH/c14-9-6-10(15)11(16)5-8(9)12-7-18(3-4-20-12)13(19)1-2-17;/h5-6,12H,1-4,7,17H2;1H. The van der Waals surface area contributed by atoms with Gasteiger partial charge in [0.15, 0.2) is 0 Å². The molecule has 2 rings (SSSR count). The SMILES string of the molecule is Cl.NCCC(=O)N1CCOC(c2cc(F)c(Cl)cc2Cl)C1. The second-order valence-electron chi connectivity index (χ2n) is 4.53. The van der Waals surface area contributed by atoms with Crippen molar-refractivity contribution in [2.24, 2.45) is 5.73 Å². The van der Waals surface area contributed by atoms with Crippen LogP contribution in [0.1, 0.15) is 18.1 Å². The zero-order valence-corrected chi connectivity index (χ0v) is 13.5. The van der Waals surface area contributed by atoms with Crippen molar-refractivity contribution >= 4 is 41.5 Å². The van der Waals surface area contributed by atoms with Crippen molar-refractivity contribution in [3.63, 3.8) is 0 Å². The van der Waals surface area contributed by atoms with Gasteiger partial charge in [0.25, 0.3) is 0 Å². The van der Waals surface area contributed by atoms with Crippen LogP contribution in [0.5, 0.6) is 0 Å². The average molecular weight is 358 g/mol. The van der Waals surface area contributed by atoms with Gasteiger partial charge in [-0.2, -0.15) is 0 Å². The van der Waals surface area contributed by atoms with E-state index in [1.165, 1.54) is 12.1 Å². The van der Waals surface area contributed by atoms with Gasteiger partial charge in [-0.3, -0.25) is 4.79 Å². The first-order valence-corrected chi connectivity index (χ1v) is 7.02. The number of carbonyl (C=O) groups excluding carboxylic acids is 1. The molecule has 1 atom stereocenters. The minimum absolute atomic E-state index is 0. The maximum absolute atomic E-state index is 13.5. The summed E-state index contributed by atoms with van der Waals surface area (Å²) < 4.78 is 19.1. The van der Waals surface area contributed by atoms with Gasteiger partial charge in [-0.1, -0.05) is 23.2 Å². The molecule has 8 heteroatoms. The summed E-state index contributed by atoms with van der Waals surface area (Å²) in [4.78, 5) is 13.5. The van der Waals surface area contributed by atoms with Crippen molar-refractivity contribution in [2.45, 2.75) is 12.5 Å². The highest BCUT2D eigenvalue weighted by molar-refractivity contribution is 6.35. The predicted molar refractivity (Wildman–Crippen MR) is 82.6 cm³/mol. The number of nitrogens with zero attached hydrogens (tertiary/aromatic N) is 1. The summed E-state index contributed by atoms with van der Waals surface area (Å²) in [5, 5.41) is 0.292. The van der Waals surface area contributed by atoms with E-state index in [0.717, 1.165) is 0 Å². The molecule has 1 aromatic carbocycles. The molecule has 0 spiro atoms. The lowest BCUT2D eigenvalue weighted by atomic mass is 10.1. The number of carbonyl (C=O) groups is 1. The molecule has 4 nitrogen and oxygen atoms in total.